The van der Waals surface area contributed by atoms with Crippen LogP contribution in [0, 0.1) is 5.82 Å². The SMILES string of the molecule is Fc1cccc(OCc2nc(C3CCCCn4nnnc43)n[nH]2)c1. The third kappa shape index (κ3) is 2.97. The highest BCUT2D eigenvalue weighted by Crippen LogP contribution is 2.28. The maximum absolute atomic E-state index is 13.2. The Hall–Kier alpha value is -2.84. The van der Waals surface area contributed by atoms with Crippen LogP contribution in [0.2, 0.25) is 0 Å². The summed E-state index contributed by atoms with van der Waals surface area (Å²) in [7, 11) is 0. The third-order valence-corrected chi connectivity index (χ3v) is 4.02. The predicted molar refractivity (Wildman–Crippen MR) is 80.6 cm³/mol. The first-order valence-corrected chi connectivity index (χ1v) is 7.85. The van der Waals surface area contributed by atoms with Crippen LogP contribution in [-0.4, -0.2) is 35.4 Å². The zero-order valence-electron chi connectivity index (χ0n) is 12.9. The molecular formula is C15H16FN7O. The van der Waals surface area contributed by atoms with Gasteiger partial charge in [0.25, 0.3) is 0 Å². The van der Waals surface area contributed by atoms with Crippen LogP contribution in [0.1, 0.15) is 42.7 Å². The van der Waals surface area contributed by atoms with Gasteiger partial charge in [0.1, 0.15) is 18.2 Å². The Morgan fingerprint density at radius 2 is 2.29 bits per heavy atom. The maximum atomic E-state index is 13.2. The molecule has 24 heavy (non-hydrogen) atoms. The van der Waals surface area contributed by atoms with E-state index in [9.17, 15) is 4.39 Å². The number of nitrogens with one attached hydrogen (secondary N) is 1. The zero-order chi connectivity index (χ0) is 16.4. The lowest BCUT2D eigenvalue weighted by atomic mass is 10.0. The summed E-state index contributed by atoms with van der Waals surface area (Å²) in [5.74, 6) is 2.12. The second-order valence-corrected chi connectivity index (χ2v) is 5.69. The summed E-state index contributed by atoms with van der Waals surface area (Å²) in [6, 6.07) is 5.99. The molecule has 1 unspecified atom stereocenters. The fraction of sp³-hybridized carbons (Fsp3) is 0.400. The average Bonchev–Trinajstić information content (AvgIpc) is 3.20. The first kappa shape index (κ1) is 14.7. The number of fused-ring (bicyclic) bond motifs is 1. The van der Waals surface area contributed by atoms with Gasteiger partial charge >= 0.3 is 0 Å². The van der Waals surface area contributed by atoms with Gasteiger partial charge in [-0.2, -0.15) is 5.10 Å². The minimum Gasteiger partial charge on any atom is -0.486 e. The summed E-state index contributed by atoms with van der Waals surface area (Å²) >= 11 is 0. The molecule has 3 heterocycles. The highest BCUT2D eigenvalue weighted by Gasteiger charge is 2.27. The first-order valence-electron chi connectivity index (χ1n) is 7.85. The molecule has 1 N–H and O–H groups in total. The van der Waals surface area contributed by atoms with E-state index in [0.717, 1.165) is 31.6 Å². The van der Waals surface area contributed by atoms with Crippen LogP contribution in [0.15, 0.2) is 24.3 Å². The van der Waals surface area contributed by atoms with Crippen molar-refractivity contribution in [3.05, 3.63) is 47.6 Å². The van der Waals surface area contributed by atoms with Gasteiger partial charge in [-0.05, 0) is 35.4 Å². The van der Waals surface area contributed by atoms with Gasteiger partial charge in [-0.1, -0.05) is 12.5 Å². The molecule has 1 atom stereocenters. The van der Waals surface area contributed by atoms with Gasteiger partial charge in [-0.25, -0.2) is 14.1 Å². The Balaban J connectivity index is 1.49. The van der Waals surface area contributed by atoms with Gasteiger partial charge in [-0.15, -0.1) is 5.10 Å². The summed E-state index contributed by atoms with van der Waals surface area (Å²) in [6.45, 7) is 1.01. The van der Waals surface area contributed by atoms with Crippen molar-refractivity contribution < 1.29 is 9.13 Å². The number of ether oxygens (including phenoxy) is 1. The molecular weight excluding hydrogens is 313 g/mol. The molecule has 0 aliphatic carbocycles. The minimum atomic E-state index is -0.337. The number of aromatic amines is 1. The summed E-state index contributed by atoms with van der Waals surface area (Å²) in [4.78, 5) is 4.50. The summed E-state index contributed by atoms with van der Waals surface area (Å²) < 4.78 is 20.5. The molecule has 2 aromatic heterocycles. The van der Waals surface area contributed by atoms with E-state index >= 15 is 0 Å². The van der Waals surface area contributed by atoms with Crippen molar-refractivity contribution in [3.63, 3.8) is 0 Å². The van der Waals surface area contributed by atoms with E-state index in [1.54, 1.807) is 12.1 Å². The molecule has 0 fully saturated rings. The quantitative estimate of drug-likeness (QED) is 0.784. The number of hydrogen-bond donors (Lipinski definition) is 1. The van der Waals surface area contributed by atoms with E-state index in [-0.39, 0.29) is 18.3 Å². The van der Waals surface area contributed by atoms with Crippen LogP contribution < -0.4 is 4.74 Å². The topological polar surface area (TPSA) is 94.4 Å². The molecule has 124 valence electrons. The second-order valence-electron chi connectivity index (χ2n) is 5.69. The molecule has 3 aromatic rings. The standard InChI is InChI=1S/C15H16FN7O/c16-10-4-3-5-11(8-10)24-9-13-17-14(19-18-13)12-6-1-2-7-23-15(12)20-21-22-23/h3-5,8,12H,1-2,6-7,9H2,(H,17,18,19). The van der Waals surface area contributed by atoms with Crippen LogP contribution in [0.25, 0.3) is 0 Å². The highest BCUT2D eigenvalue weighted by molar-refractivity contribution is 5.22. The molecule has 0 spiro atoms. The van der Waals surface area contributed by atoms with E-state index in [2.05, 4.69) is 30.7 Å². The molecule has 4 rings (SSSR count). The fourth-order valence-corrected chi connectivity index (χ4v) is 2.84. The molecule has 0 saturated heterocycles. The molecule has 9 heteroatoms. The maximum Gasteiger partial charge on any atom is 0.162 e. The van der Waals surface area contributed by atoms with Crippen LogP contribution in [0.5, 0.6) is 5.75 Å². The van der Waals surface area contributed by atoms with Gasteiger partial charge in [0.05, 0.1) is 5.92 Å². The second kappa shape index (κ2) is 6.34. The van der Waals surface area contributed by atoms with E-state index in [4.69, 9.17) is 4.74 Å². The largest absolute Gasteiger partial charge is 0.486 e. The number of hydrogen-bond acceptors (Lipinski definition) is 6. The van der Waals surface area contributed by atoms with Crippen LogP contribution >= 0.6 is 0 Å². The molecule has 0 radical (unpaired) electrons. The Labute approximate surface area is 137 Å². The predicted octanol–water partition coefficient (Wildman–Crippen LogP) is 1.83. The normalized spacial score (nSPS) is 17.3. The monoisotopic (exact) mass is 329 g/mol. The van der Waals surface area contributed by atoms with Gasteiger partial charge < -0.3 is 4.74 Å². The van der Waals surface area contributed by atoms with Gasteiger partial charge in [0.2, 0.25) is 0 Å². The molecule has 1 aromatic carbocycles. The van der Waals surface area contributed by atoms with E-state index in [1.165, 1.54) is 12.1 Å². The van der Waals surface area contributed by atoms with Gasteiger partial charge in [0, 0.05) is 12.6 Å². The number of aromatic nitrogens is 7. The van der Waals surface area contributed by atoms with Crippen molar-refractivity contribution in [2.45, 2.75) is 38.3 Å². The van der Waals surface area contributed by atoms with E-state index in [1.807, 2.05) is 4.68 Å². The van der Waals surface area contributed by atoms with E-state index in [0.29, 0.717) is 17.4 Å². The summed E-state index contributed by atoms with van der Waals surface area (Å²) in [6.07, 6.45) is 3.00. The molecule has 8 nitrogen and oxygen atoms in total. The lowest BCUT2D eigenvalue weighted by Gasteiger charge is -2.08. The van der Waals surface area contributed by atoms with Crippen LogP contribution in [0.4, 0.5) is 4.39 Å². The van der Waals surface area contributed by atoms with Crippen molar-refractivity contribution in [2.75, 3.05) is 0 Å². The molecule has 0 bridgehead atoms. The summed E-state index contributed by atoms with van der Waals surface area (Å²) in [5.41, 5.74) is 0. The first-order chi connectivity index (χ1) is 11.8. The van der Waals surface area contributed by atoms with Crippen molar-refractivity contribution in [3.8, 4) is 5.75 Å². The van der Waals surface area contributed by atoms with Gasteiger partial charge in [-0.3, -0.25) is 5.10 Å². The lowest BCUT2D eigenvalue weighted by molar-refractivity contribution is 0.294. The number of H-pyrrole nitrogens is 1. The number of nitrogens with zero attached hydrogens (tertiary/aromatic N) is 6. The van der Waals surface area contributed by atoms with Gasteiger partial charge in [0.15, 0.2) is 17.5 Å². The lowest BCUT2D eigenvalue weighted by Crippen LogP contribution is -2.10. The van der Waals surface area contributed by atoms with Crippen LogP contribution in [0.3, 0.4) is 0 Å². The van der Waals surface area contributed by atoms with Crippen molar-refractivity contribution in [1.29, 1.82) is 0 Å². The highest BCUT2D eigenvalue weighted by atomic mass is 19.1. The number of rotatable bonds is 4. The Morgan fingerprint density at radius 3 is 3.21 bits per heavy atom. The third-order valence-electron chi connectivity index (χ3n) is 4.02. The number of tetrazole rings is 1. The Bertz CT molecular complexity index is 831. The smallest absolute Gasteiger partial charge is 0.162 e. The van der Waals surface area contributed by atoms with Crippen molar-refractivity contribution in [1.82, 2.24) is 35.4 Å². The molecule has 1 aliphatic rings. The summed E-state index contributed by atoms with van der Waals surface area (Å²) in [5, 5.41) is 19.0. The van der Waals surface area contributed by atoms with Crippen molar-refractivity contribution in [2.24, 2.45) is 0 Å². The Kier molecular flexibility index (Phi) is 3.89. The minimum absolute atomic E-state index is 0.0262. The zero-order valence-corrected chi connectivity index (χ0v) is 12.9. The van der Waals surface area contributed by atoms with Crippen LogP contribution in [-0.2, 0) is 13.2 Å². The average molecular weight is 329 g/mol. The number of aryl methyl sites for hydroxylation is 1. The fourth-order valence-electron chi connectivity index (χ4n) is 2.84. The number of benzene rings is 1. The molecule has 0 saturated carbocycles. The molecule has 0 amide bonds. The van der Waals surface area contributed by atoms with Crippen molar-refractivity contribution >= 4 is 0 Å². The molecule has 1 aliphatic heterocycles. The number of halogens is 1. The Morgan fingerprint density at radius 1 is 1.33 bits per heavy atom. The van der Waals surface area contributed by atoms with E-state index < -0.39 is 0 Å².